The van der Waals surface area contributed by atoms with Crippen LogP contribution in [0.25, 0.3) is 21.9 Å². The van der Waals surface area contributed by atoms with Gasteiger partial charge in [0.05, 0.1) is 0 Å². The number of hydrogen-bond donors (Lipinski definition) is 0. The van der Waals surface area contributed by atoms with Crippen LogP contribution in [0.5, 0.6) is 5.75 Å². The topological polar surface area (TPSA) is 22.4 Å². The molecule has 0 aliphatic rings. The Morgan fingerprint density at radius 2 is 1.73 bits per heavy atom. The Bertz CT molecular complexity index is 628. The average molecular weight is 310 g/mol. The van der Waals surface area contributed by atoms with Gasteiger partial charge in [0.1, 0.15) is 16.9 Å². The molecule has 0 aliphatic heterocycles. The second-order valence-electron chi connectivity index (χ2n) is 3.33. The SMILES string of the molecule is IOc1ccc2c(c1)oc1ccccc12. The van der Waals surface area contributed by atoms with E-state index in [1.54, 1.807) is 0 Å². The zero-order valence-electron chi connectivity index (χ0n) is 7.74. The summed E-state index contributed by atoms with van der Waals surface area (Å²) >= 11 is 1.86. The maximum absolute atomic E-state index is 5.71. The number of fused-ring (bicyclic) bond motifs is 3. The summed E-state index contributed by atoms with van der Waals surface area (Å²) in [6.45, 7) is 0. The highest BCUT2D eigenvalue weighted by molar-refractivity contribution is 14.1. The fraction of sp³-hybridized carbons (Fsp3) is 0. The molecule has 0 atom stereocenters. The van der Waals surface area contributed by atoms with Gasteiger partial charge in [-0.3, -0.25) is 0 Å². The molecule has 2 nitrogen and oxygen atoms in total. The highest BCUT2D eigenvalue weighted by atomic mass is 127. The summed E-state index contributed by atoms with van der Waals surface area (Å²) in [7, 11) is 0. The molecule has 2 aromatic carbocycles. The quantitative estimate of drug-likeness (QED) is 0.625. The zero-order valence-corrected chi connectivity index (χ0v) is 9.89. The molecule has 74 valence electrons. The van der Waals surface area contributed by atoms with Crippen LogP contribution >= 0.6 is 23.0 Å². The molecule has 0 bridgehead atoms. The molecule has 3 rings (SSSR count). The fourth-order valence-corrected chi connectivity index (χ4v) is 2.03. The molecule has 0 amide bonds. The number of hydrogen-bond acceptors (Lipinski definition) is 2. The number of para-hydroxylation sites is 1. The van der Waals surface area contributed by atoms with Gasteiger partial charge in [-0.2, -0.15) is 0 Å². The van der Waals surface area contributed by atoms with E-state index in [9.17, 15) is 0 Å². The lowest BCUT2D eigenvalue weighted by atomic mass is 10.1. The molecule has 3 heteroatoms. The lowest BCUT2D eigenvalue weighted by molar-refractivity contribution is 0.662. The minimum Gasteiger partial charge on any atom is -0.456 e. The predicted octanol–water partition coefficient (Wildman–Crippen LogP) is 4.31. The summed E-state index contributed by atoms with van der Waals surface area (Å²) in [4.78, 5) is 0. The smallest absolute Gasteiger partial charge is 0.192 e. The van der Waals surface area contributed by atoms with Crippen LogP contribution < -0.4 is 3.07 Å². The van der Waals surface area contributed by atoms with Gasteiger partial charge >= 0.3 is 0 Å². The molecule has 0 saturated carbocycles. The van der Waals surface area contributed by atoms with Crippen LogP contribution in [0.4, 0.5) is 0 Å². The highest BCUT2D eigenvalue weighted by Gasteiger charge is 2.06. The van der Waals surface area contributed by atoms with Gasteiger partial charge in [-0.1, -0.05) is 18.2 Å². The zero-order chi connectivity index (χ0) is 10.3. The maximum atomic E-state index is 5.71. The third-order valence-electron chi connectivity index (χ3n) is 2.44. The monoisotopic (exact) mass is 310 g/mol. The first-order chi connectivity index (χ1) is 7.38. The van der Waals surface area contributed by atoms with E-state index in [0.29, 0.717) is 0 Å². The van der Waals surface area contributed by atoms with E-state index in [1.807, 2.05) is 59.4 Å². The van der Waals surface area contributed by atoms with Crippen LogP contribution in [0.1, 0.15) is 0 Å². The molecule has 0 N–H and O–H groups in total. The lowest BCUT2D eigenvalue weighted by Gasteiger charge is -1.94. The van der Waals surface area contributed by atoms with Crippen molar-refractivity contribution in [1.29, 1.82) is 0 Å². The van der Waals surface area contributed by atoms with E-state index in [1.165, 1.54) is 0 Å². The number of rotatable bonds is 1. The summed E-state index contributed by atoms with van der Waals surface area (Å²) < 4.78 is 10.8. The second kappa shape index (κ2) is 3.41. The molecule has 1 aromatic heterocycles. The van der Waals surface area contributed by atoms with Gasteiger partial charge in [0.25, 0.3) is 0 Å². The largest absolute Gasteiger partial charge is 0.456 e. The number of benzene rings is 2. The molecule has 0 fully saturated rings. The van der Waals surface area contributed by atoms with Gasteiger partial charge in [0, 0.05) is 16.8 Å². The Morgan fingerprint density at radius 1 is 0.933 bits per heavy atom. The van der Waals surface area contributed by atoms with Crippen molar-refractivity contribution in [3.63, 3.8) is 0 Å². The normalized spacial score (nSPS) is 11.0. The first-order valence-corrected chi connectivity index (χ1v) is 5.46. The van der Waals surface area contributed by atoms with Crippen LogP contribution in [0.15, 0.2) is 46.9 Å². The predicted molar refractivity (Wildman–Crippen MR) is 68.4 cm³/mol. The third kappa shape index (κ3) is 1.38. The minimum atomic E-state index is 0.808. The van der Waals surface area contributed by atoms with Gasteiger partial charge in [-0.05, 0) is 18.2 Å². The molecular weight excluding hydrogens is 303 g/mol. The highest BCUT2D eigenvalue weighted by Crippen LogP contribution is 2.31. The summed E-state index contributed by atoms with van der Waals surface area (Å²) in [5, 5.41) is 2.27. The molecule has 3 aromatic rings. The average Bonchev–Trinajstić information content (AvgIpc) is 2.66. The van der Waals surface area contributed by atoms with Crippen LogP contribution in [-0.2, 0) is 0 Å². The van der Waals surface area contributed by atoms with Gasteiger partial charge in [-0.25, -0.2) is 0 Å². The van der Waals surface area contributed by atoms with E-state index in [2.05, 4.69) is 6.07 Å². The van der Waals surface area contributed by atoms with Crippen molar-refractivity contribution in [2.75, 3.05) is 0 Å². The summed E-state index contributed by atoms with van der Waals surface area (Å²) in [6.07, 6.45) is 0. The first kappa shape index (κ1) is 9.03. The Labute approximate surface area is 101 Å². The minimum absolute atomic E-state index is 0.808. The maximum Gasteiger partial charge on any atom is 0.192 e. The van der Waals surface area contributed by atoms with Crippen molar-refractivity contribution >= 4 is 44.9 Å². The number of halogens is 1. The lowest BCUT2D eigenvalue weighted by Crippen LogP contribution is -1.72. The summed E-state index contributed by atoms with van der Waals surface area (Å²) in [6, 6.07) is 13.9. The summed E-state index contributed by atoms with van der Waals surface area (Å²) in [5.41, 5.74) is 1.78. The van der Waals surface area contributed by atoms with E-state index < -0.39 is 0 Å². The van der Waals surface area contributed by atoms with Crippen LogP contribution in [0.2, 0.25) is 0 Å². The van der Waals surface area contributed by atoms with Crippen LogP contribution in [0.3, 0.4) is 0 Å². The van der Waals surface area contributed by atoms with Crippen molar-refractivity contribution in [1.82, 2.24) is 0 Å². The van der Waals surface area contributed by atoms with Crippen molar-refractivity contribution in [3.8, 4) is 5.75 Å². The molecule has 0 aliphatic carbocycles. The van der Waals surface area contributed by atoms with Crippen molar-refractivity contribution < 1.29 is 7.48 Å². The Balaban J connectivity index is 2.43. The standard InChI is InChI=1S/C12H7IO2/c13-15-8-5-6-10-9-3-1-2-4-11(9)14-12(10)7-8/h1-7H. The van der Waals surface area contributed by atoms with Gasteiger partial charge < -0.3 is 7.48 Å². The van der Waals surface area contributed by atoms with Crippen LogP contribution in [0, 0.1) is 0 Å². The first-order valence-electron chi connectivity index (χ1n) is 4.58. The van der Waals surface area contributed by atoms with Crippen molar-refractivity contribution in [2.45, 2.75) is 0 Å². The van der Waals surface area contributed by atoms with E-state index in [-0.39, 0.29) is 0 Å². The van der Waals surface area contributed by atoms with Gasteiger partial charge in [-0.15, -0.1) is 0 Å². The van der Waals surface area contributed by atoms with E-state index >= 15 is 0 Å². The van der Waals surface area contributed by atoms with Gasteiger partial charge in [0.2, 0.25) is 0 Å². The molecule has 0 spiro atoms. The Kier molecular flexibility index (Phi) is 2.05. The molecule has 15 heavy (non-hydrogen) atoms. The van der Waals surface area contributed by atoms with Gasteiger partial charge in [0.15, 0.2) is 23.0 Å². The second-order valence-corrected chi connectivity index (χ2v) is 3.77. The molecule has 1 heterocycles. The fourth-order valence-electron chi connectivity index (χ4n) is 1.75. The molecule has 0 unspecified atom stereocenters. The third-order valence-corrected chi connectivity index (χ3v) is 2.95. The Morgan fingerprint density at radius 3 is 2.60 bits per heavy atom. The molecule has 0 saturated heterocycles. The van der Waals surface area contributed by atoms with Crippen LogP contribution in [-0.4, -0.2) is 0 Å². The van der Waals surface area contributed by atoms with E-state index in [4.69, 9.17) is 7.48 Å². The molecule has 0 radical (unpaired) electrons. The summed E-state index contributed by atoms with van der Waals surface area (Å²) in [5.74, 6) is 0.808. The molecular formula is C12H7IO2. The number of furan rings is 1. The van der Waals surface area contributed by atoms with Crippen molar-refractivity contribution in [2.24, 2.45) is 0 Å². The van der Waals surface area contributed by atoms with E-state index in [0.717, 1.165) is 27.7 Å². The van der Waals surface area contributed by atoms with Crippen molar-refractivity contribution in [3.05, 3.63) is 42.5 Å². The Hall–Kier alpha value is -1.23.